The summed E-state index contributed by atoms with van der Waals surface area (Å²) in [4.78, 5) is 12.2. The second kappa shape index (κ2) is 9.20. The zero-order valence-electron chi connectivity index (χ0n) is 15.0. The third-order valence-electron chi connectivity index (χ3n) is 3.97. The van der Waals surface area contributed by atoms with Gasteiger partial charge in [0.25, 0.3) is 15.9 Å². The van der Waals surface area contributed by atoms with Gasteiger partial charge in [0.1, 0.15) is 0 Å². The van der Waals surface area contributed by atoms with E-state index in [0.717, 1.165) is 23.8 Å². The Morgan fingerprint density at radius 2 is 1.62 bits per heavy atom. The highest BCUT2D eigenvalue weighted by Crippen LogP contribution is 2.13. The SMILES string of the molecule is CCC(CC)NC(=O)c1ccc(NS(=O)(=O)C=Cc2ccccc2)cc1. The lowest BCUT2D eigenvalue weighted by Crippen LogP contribution is -2.33. The van der Waals surface area contributed by atoms with Crippen LogP contribution < -0.4 is 10.0 Å². The number of benzene rings is 2. The largest absolute Gasteiger partial charge is 0.349 e. The van der Waals surface area contributed by atoms with Gasteiger partial charge in [-0.15, -0.1) is 0 Å². The van der Waals surface area contributed by atoms with E-state index in [-0.39, 0.29) is 11.9 Å². The topological polar surface area (TPSA) is 75.3 Å². The molecule has 0 aliphatic carbocycles. The van der Waals surface area contributed by atoms with Gasteiger partial charge in [-0.3, -0.25) is 9.52 Å². The van der Waals surface area contributed by atoms with E-state index in [2.05, 4.69) is 10.0 Å². The van der Waals surface area contributed by atoms with Crippen molar-refractivity contribution in [2.75, 3.05) is 4.72 Å². The van der Waals surface area contributed by atoms with Crippen molar-refractivity contribution in [3.05, 3.63) is 71.1 Å². The van der Waals surface area contributed by atoms with Gasteiger partial charge in [-0.2, -0.15) is 0 Å². The molecule has 2 aromatic rings. The molecular formula is C20H24N2O3S. The van der Waals surface area contributed by atoms with Crippen LogP contribution in [0, 0.1) is 0 Å². The fraction of sp³-hybridized carbons (Fsp3) is 0.250. The minimum Gasteiger partial charge on any atom is -0.349 e. The minimum atomic E-state index is -3.62. The van der Waals surface area contributed by atoms with Crippen molar-refractivity contribution in [2.45, 2.75) is 32.7 Å². The summed E-state index contributed by atoms with van der Waals surface area (Å²) in [6, 6.07) is 15.7. The Bertz CT molecular complexity index is 840. The first-order valence-electron chi connectivity index (χ1n) is 8.60. The molecule has 0 aliphatic rings. The molecule has 0 bridgehead atoms. The molecule has 0 aromatic heterocycles. The lowest BCUT2D eigenvalue weighted by atomic mass is 10.1. The lowest BCUT2D eigenvalue weighted by molar-refractivity contribution is 0.0935. The second-order valence-electron chi connectivity index (χ2n) is 5.92. The molecule has 26 heavy (non-hydrogen) atoms. The number of hydrogen-bond acceptors (Lipinski definition) is 3. The van der Waals surface area contributed by atoms with Gasteiger partial charge in [0, 0.05) is 17.3 Å². The van der Waals surface area contributed by atoms with Gasteiger partial charge < -0.3 is 5.32 Å². The van der Waals surface area contributed by atoms with Gasteiger partial charge in [0.2, 0.25) is 0 Å². The van der Waals surface area contributed by atoms with Crippen molar-refractivity contribution in [2.24, 2.45) is 0 Å². The van der Waals surface area contributed by atoms with Gasteiger partial charge in [-0.25, -0.2) is 8.42 Å². The third kappa shape index (κ3) is 6.04. The molecule has 0 aliphatic heterocycles. The maximum atomic E-state index is 12.2. The highest BCUT2D eigenvalue weighted by Gasteiger charge is 2.11. The van der Waals surface area contributed by atoms with E-state index in [1.54, 1.807) is 24.3 Å². The van der Waals surface area contributed by atoms with Crippen LogP contribution in [0.5, 0.6) is 0 Å². The average molecular weight is 372 g/mol. The Kier molecular flexibility index (Phi) is 6.97. The van der Waals surface area contributed by atoms with E-state index in [1.165, 1.54) is 6.08 Å². The number of amides is 1. The molecule has 2 rings (SSSR count). The summed E-state index contributed by atoms with van der Waals surface area (Å²) in [6.07, 6.45) is 3.27. The first kappa shape index (κ1) is 19.7. The fourth-order valence-electron chi connectivity index (χ4n) is 2.38. The first-order chi connectivity index (χ1) is 12.4. The Hall–Kier alpha value is -2.60. The zero-order valence-corrected chi connectivity index (χ0v) is 15.8. The highest BCUT2D eigenvalue weighted by molar-refractivity contribution is 7.95. The van der Waals surface area contributed by atoms with E-state index >= 15 is 0 Å². The summed E-state index contributed by atoms with van der Waals surface area (Å²) in [5.74, 6) is -0.155. The van der Waals surface area contributed by atoms with Crippen LogP contribution in [0.2, 0.25) is 0 Å². The normalized spacial score (nSPS) is 11.7. The van der Waals surface area contributed by atoms with E-state index in [9.17, 15) is 13.2 Å². The minimum absolute atomic E-state index is 0.142. The van der Waals surface area contributed by atoms with Gasteiger partial charge >= 0.3 is 0 Å². The van der Waals surface area contributed by atoms with Crippen LogP contribution in [0.3, 0.4) is 0 Å². The molecule has 0 atom stereocenters. The molecule has 2 aromatic carbocycles. The number of anilines is 1. The van der Waals surface area contributed by atoms with Gasteiger partial charge in [-0.1, -0.05) is 44.2 Å². The molecule has 0 saturated heterocycles. The van der Waals surface area contributed by atoms with E-state index < -0.39 is 10.0 Å². The predicted octanol–water partition coefficient (Wildman–Crippen LogP) is 4.02. The van der Waals surface area contributed by atoms with Crippen LogP contribution in [0.1, 0.15) is 42.6 Å². The number of sulfonamides is 1. The van der Waals surface area contributed by atoms with Crippen LogP contribution in [0.15, 0.2) is 60.0 Å². The Balaban J connectivity index is 2.02. The van der Waals surface area contributed by atoms with Crippen LogP contribution in [0.25, 0.3) is 6.08 Å². The molecular weight excluding hydrogens is 348 g/mol. The Labute approximate surface area is 155 Å². The molecule has 0 spiro atoms. The third-order valence-corrected chi connectivity index (χ3v) is 4.98. The quantitative estimate of drug-likeness (QED) is 0.735. The van der Waals surface area contributed by atoms with E-state index in [1.807, 2.05) is 44.2 Å². The zero-order chi connectivity index (χ0) is 19.0. The molecule has 1 amide bonds. The standard InChI is InChI=1S/C20H24N2O3S/c1-3-18(4-2)21-20(23)17-10-12-19(13-11-17)22-26(24,25)15-14-16-8-6-5-7-9-16/h5-15,18,22H,3-4H2,1-2H3,(H,21,23). The van der Waals surface area contributed by atoms with E-state index in [0.29, 0.717) is 11.3 Å². The van der Waals surface area contributed by atoms with Crippen LogP contribution >= 0.6 is 0 Å². The smallest absolute Gasteiger partial charge is 0.255 e. The van der Waals surface area contributed by atoms with Gasteiger partial charge in [-0.05, 0) is 48.7 Å². The monoisotopic (exact) mass is 372 g/mol. The molecule has 5 nitrogen and oxygen atoms in total. The average Bonchev–Trinajstić information content (AvgIpc) is 2.65. The first-order valence-corrected chi connectivity index (χ1v) is 10.1. The summed E-state index contributed by atoms with van der Waals surface area (Å²) in [6.45, 7) is 4.05. The lowest BCUT2D eigenvalue weighted by Gasteiger charge is -2.14. The molecule has 0 unspecified atom stereocenters. The van der Waals surface area contributed by atoms with Gasteiger partial charge in [0.05, 0.1) is 5.41 Å². The number of rotatable bonds is 8. The summed E-state index contributed by atoms with van der Waals surface area (Å²) in [7, 11) is -3.62. The number of hydrogen-bond donors (Lipinski definition) is 2. The Morgan fingerprint density at radius 1 is 1.00 bits per heavy atom. The summed E-state index contributed by atoms with van der Waals surface area (Å²) in [5.41, 5.74) is 1.70. The summed E-state index contributed by atoms with van der Waals surface area (Å²) < 4.78 is 26.7. The molecule has 0 radical (unpaired) electrons. The molecule has 0 heterocycles. The molecule has 2 N–H and O–H groups in total. The van der Waals surface area contributed by atoms with Gasteiger partial charge in [0.15, 0.2) is 0 Å². The number of carbonyl (C=O) groups excluding carboxylic acids is 1. The van der Waals surface area contributed by atoms with Crippen molar-refractivity contribution < 1.29 is 13.2 Å². The van der Waals surface area contributed by atoms with Crippen molar-refractivity contribution >= 4 is 27.7 Å². The Morgan fingerprint density at radius 3 is 2.19 bits per heavy atom. The highest BCUT2D eigenvalue weighted by atomic mass is 32.2. The van der Waals surface area contributed by atoms with Crippen LogP contribution in [-0.2, 0) is 10.0 Å². The van der Waals surface area contributed by atoms with Crippen LogP contribution in [-0.4, -0.2) is 20.4 Å². The number of nitrogens with one attached hydrogen (secondary N) is 2. The van der Waals surface area contributed by atoms with Crippen LogP contribution in [0.4, 0.5) is 5.69 Å². The second-order valence-corrected chi connectivity index (χ2v) is 7.49. The summed E-state index contributed by atoms with van der Waals surface area (Å²) >= 11 is 0. The maximum Gasteiger partial charge on any atom is 0.255 e. The molecule has 138 valence electrons. The molecule has 0 saturated carbocycles. The predicted molar refractivity (Wildman–Crippen MR) is 106 cm³/mol. The number of carbonyl (C=O) groups is 1. The van der Waals surface area contributed by atoms with Crippen molar-refractivity contribution in [1.82, 2.24) is 5.32 Å². The molecule has 0 fully saturated rings. The van der Waals surface area contributed by atoms with Crippen molar-refractivity contribution in [1.29, 1.82) is 0 Å². The summed E-state index contributed by atoms with van der Waals surface area (Å²) in [5, 5.41) is 4.07. The van der Waals surface area contributed by atoms with E-state index in [4.69, 9.17) is 0 Å². The fourth-order valence-corrected chi connectivity index (χ4v) is 3.25. The van der Waals surface area contributed by atoms with Crippen molar-refractivity contribution in [3.63, 3.8) is 0 Å². The van der Waals surface area contributed by atoms with Crippen molar-refractivity contribution in [3.8, 4) is 0 Å². The molecule has 6 heteroatoms. The maximum absolute atomic E-state index is 12.2.